The van der Waals surface area contributed by atoms with Gasteiger partial charge in [-0.05, 0) is 12.1 Å². The molecule has 9 nitrogen and oxygen atoms in total. The standard InChI is InChI=1S/C17H22N4O5S/c1-5-9-27-16-12(7-6-8-18-16)15-19-21(17(23)26-15)10-13(22)20(2)11-14(24-3)25-4/h5-8,14H,1,9-11H2,2-4H3. The van der Waals surface area contributed by atoms with E-state index in [0.29, 0.717) is 16.3 Å². The van der Waals surface area contributed by atoms with Gasteiger partial charge in [0.15, 0.2) is 6.29 Å². The van der Waals surface area contributed by atoms with Crippen LogP contribution in [-0.4, -0.2) is 65.4 Å². The monoisotopic (exact) mass is 394 g/mol. The maximum atomic E-state index is 12.3. The molecule has 0 saturated heterocycles. The van der Waals surface area contributed by atoms with Crippen molar-refractivity contribution in [3.63, 3.8) is 0 Å². The summed E-state index contributed by atoms with van der Waals surface area (Å²) in [5.41, 5.74) is 0.583. The number of pyridine rings is 1. The molecule has 0 aliphatic carbocycles. The van der Waals surface area contributed by atoms with Crippen LogP contribution in [0.25, 0.3) is 11.5 Å². The fourth-order valence-corrected chi connectivity index (χ4v) is 2.86. The minimum atomic E-state index is -0.717. The molecule has 27 heavy (non-hydrogen) atoms. The summed E-state index contributed by atoms with van der Waals surface area (Å²) in [6, 6.07) is 3.48. The SMILES string of the molecule is C=CCSc1ncccc1-c1nn(CC(=O)N(C)CC(OC)OC)c(=O)o1. The van der Waals surface area contributed by atoms with Gasteiger partial charge in [-0.25, -0.2) is 9.78 Å². The number of carbonyl (C=O) groups is 1. The second-order valence-corrected chi connectivity index (χ2v) is 6.47. The van der Waals surface area contributed by atoms with E-state index in [0.717, 1.165) is 4.68 Å². The number of hydrogen-bond acceptors (Lipinski definition) is 8. The minimum Gasteiger partial charge on any atom is -0.387 e. The van der Waals surface area contributed by atoms with Gasteiger partial charge in [-0.3, -0.25) is 4.79 Å². The van der Waals surface area contributed by atoms with Gasteiger partial charge in [0, 0.05) is 33.2 Å². The van der Waals surface area contributed by atoms with E-state index < -0.39 is 12.0 Å². The quantitative estimate of drug-likeness (QED) is 0.337. The Labute approximate surface area is 161 Å². The van der Waals surface area contributed by atoms with Gasteiger partial charge < -0.3 is 18.8 Å². The molecule has 10 heteroatoms. The van der Waals surface area contributed by atoms with E-state index in [9.17, 15) is 9.59 Å². The maximum Gasteiger partial charge on any atom is 0.437 e. The first-order chi connectivity index (χ1) is 13.0. The number of amides is 1. The second-order valence-electron chi connectivity index (χ2n) is 5.46. The molecule has 0 unspecified atom stereocenters. The molecule has 2 rings (SSSR count). The molecule has 0 aliphatic heterocycles. The van der Waals surface area contributed by atoms with Gasteiger partial charge in [-0.15, -0.1) is 23.4 Å². The largest absolute Gasteiger partial charge is 0.437 e. The zero-order valence-corrected chi connectivity index (χ0v) is 16.3. The zero-order chi connectivity index (χ0) is 19.8. The molecular formula is C17H22N4O5S. The van der Waals surface area contributed by atoms with E-state index >= 15 is 0 Å². The Morgan fingerprint density at radius 2 is 2.22 bits per heavy atom. The van der Waals surface area contributed by atoms with E-state index in [2.05, 4.69) is 16.7 Å². The fourth-order valence-electron chi connectivity index (χ4n) is 2.14. The first kappa shape index (κ1) is 20.9. The van der Waals surface area contributed by atoms with Crippen LogP contribution in [-0.2, 0) is 20.8 Å². The van der Waals surface area contributed by atoms with Crippen molar-refractivity contribution in [2.24, 2.45) is 0 Å². The number of nitrogens with zero attached hydrogens (tertiary/aromatic N) is 4. The summed E-state index contributed by atoms with van der Waals surface area (Å²) in [6.07, 6.45) is 2.84. The predicted molar refractivity (Wildman–Crippen MR) is 100 cm³/mol. The first-order valence-electron chi connectivity index (χ1n) is 8.06. The highest BCUT2D eigenvalue weighted by Crippen LogP contribution is 2.27. The number of carbonyl (C=O) groups excluding carboxylic acids is 1. The Morgan fingerprint density at radius 1 is 1.48 bits per heavy atom. The Balaban J connectivity index is 2.16. The molecule has 0 bridgehead atoms. The average molecular weight is 394 g/mol. The molecular weight excluding hydrogens is 372 g/mol. The van der Waals surface area contributed by atoms with Crippen molar-refractivity contribution in [2.75, 3.05) is 33.6 Å². The third-order valence-corrected chi connectivity index (χ3v) is 4.61. The van der Waals surface area contributed by atoms with Crippen LogP contribution < -0.4 is 5.76 Å². The number of thioether (sulfide) groups is 1. The van der Waals surface area contributed by atoms with Crippen molar-refractivity contribution < 1.29 is 18.7 Å². The van der Waals surface area contributed by atoms with Crippen molar-refractivity contribution in [3.05, 3.63) is 41.5 Å². The summed E-state index contributed by atoms with van der Waals surface area (Å²) < 4.78 is 16.3. The van der Waals surface area contributed by atoms with E-state index in [1.807, 2.05) is 0 Å². The summed E-state index contributed by atoms with van der Waals surface area (Å²) in [5.74, 6) is -0.283. The number of hydrogen-bond donors (Lipinski definition) is 0. The molecule has 1 amide bonds. The van der Waals surface area contributed by atoms with Crippen molar-refractivity contribution in [1.29, 1.82) is 0 Å². The normalized spacial score (nSPS) is 11.0. The summed E-state index contributed by atoms with van der Waals surface area (Å²) in [5, 5.41) is 4.80. The third-order valence-electron chi connectivity index (χ3n) is 3.61. The van der Waals surface area contributed by atoms with Crippen LogP contribution in [0.1, 0.15) is 0 Å². The van der Waals surface area contributed by atoms with E-state index in [1.54, 1.807) is 31.5 Å². The molecule has 2 aromatic heterocycles. The number of aromatic nitrogens is 3. The Morgan fingerprint density at radius 3 is 2.89 bits per heavy atom. The van der Waals surface area contributed by atoms with E-state index in [1.165, 1.54) is 30.9 Å². The molecule has 0 fully saturated rings. The molecule has 2 aromatic rings. The third kappa shape index (κ3) is 5.52. The highest BCUT2D eigenvalue weighted by Gasteiger charge is 2.20. The first-order valence-corrected chi connectivity index (χ1v) is 9.05. The number of ether oxygens (including phenoxy) is 2. The molecule has 0 radical (unpaired) electrons. The van der Waals surface area contributed by atoms with Crippen LogP contribution >= 0.6 is 11.8 Å². The highest BCUT2D eigenvalue weighted by molar-refractivity contribution is 7.99. The highest BCUT2D eigenvalue weighted by atomic mass is 32.2. The van der Waals surface area contributed by atoms with Crippen molar-refractivity contribution in [3.8, 4) is 11.5 Å². The van der Waals surface area contributed by atoms with Gasteiger partial charge >= 0.3 is 5.76 Å². The Bertz CT molecular complexity index is 831. The lowest BCUT2D eigenvalue weighted by atomic mass is 10.3. The molecule has 2 heterocycles. The molecule has 0 saturated carbocycles. The van der Waals surface area contributed by atoms with Crippen molar-refractivity contribution >= 4 is 17.7 Å². The number of methoxy groups -OCH3 is 2. The van der Waals surface area contributed by atoms with Crippen LogP contribution in [0.4, 0.5) is 0 Å². The maximum absolute atomic E-state index is 12.3. The van der Waals surface area contributed by atoms with Gasteiger partial charge in [0.25, 0.3) is 5.89 Å². The molecule has 146 valence electrons. The lowest BCUT2D eigenvalue weighted by Crippen LogP contribution is -2.39. The lowest BCUT2D eigenvalue weighted by molar-refractivity contribution is -0.143. The second kappa shape index (κ2) is 10.0. The molecule has 0 spiro atoms. The van der Waals surface area contributed by atoms with Crippen molar-refractivity contribution in [2.45, 2.75) is 17.9 Å². The van der Waals surface area contributed by atoms with Gasteiger partial charge in [0.1, 0.15) is 11.6 Å². The topological polar surface area (TPSA) is 99.7 Å². The summed E-state index contributed by atoms with van der Waals surface area (Å²) in [6.45, 7) is 3.64. The zero-order valence-electron chi connectivity index (χ0n) is 15.5. The van der Waals surface area contributed by atoms with Gasteiger partial charge in [-0.1, -0.05) is 6.08 Å². The van der Waals surface area contributed by atoms with Crippen LogP contribution in [0.5, 0.6) is 0 Å². The van der Waals surface area contributed by atoms with Crippen LogP contribution in [0.3, 0.4) is 0 Å². The minimum absolute atomic E-state index is 0.113. The van der Waals surface area contributed by atoms with E-state index in [4.69, 9.17) is 13.9 Å². The van der Waals surface area contributed by atoms with Gasteiger partial charge in [0.2, 0.25) is 5.91 Å². The van der Waals surface area contributed by atoms with Gasteiger partial charge in [0.05, 0.1) is 12.1 Å². The number of rotatable bonds is 10. The molecule has 0 atom stereocenters. The summed E-state index contributed by atoms with van der Waals surface area (Å²) in [4.78, 5) is 30.1. The van der Waals surface area contributed by atoms with Crippen molar-refractivity contribution in [1.82, 2.24) is 19.7 Å². The predicted octanol–water partition coefficient (Wildman–Crippen LogP) is 1.25. The van der Waals surface area contributed by atoms with E-state index in [-0.39, 0.29) is 24.9 Å². The average Bonchev–Trinajstić information content (AvgIpc) is 3.04. The summed E-state index contributed by atoms with van der Waals surface area (Å²) >= 11 is 1.44. The van der Waals surface area contributed by atoms with Crippen LogP contribution in [0, 0.1) is 0 Å². The molecule has 0 N–H and O–H groups in total. The smallest absolute Gasteiger partial charge is 0.387 e. The molecule has 0 aliphatic rings. The summed E-state index contributed by atoms with van der Waals surface area (Å²) in [7, 11) is 4.55. The Kier molecular flexibility index (Phi) is 7.77. The van der Waals surface area contributed by atoms with Gasteiger partial charge in [-0.2, -0.15) is 4.68 Å². The van der Waals surface area contributed by atoms with Crippen LogP contribution in [0.15, 0.2) is 45.2 Å². The lowest BCUT2D eigenvalue weighted by Gasteiger charge is -2.21. The van der Waals surface area contributed by atoms with Crippen LogP contribution in [0.2, 0.25) is 0 Å². The Hall–Kier alpha value is -2.43. The fraction of sp³-hybridized carbons (Fsp3) is 0.412. The number of likely N-dealkylation sites (N-methyl/N-ethyl adjacent to an activating group) is 1. The molecule has 0 aromatic carbocycles.